The highest BCUT2D eigenvalue weighted by Gasteiger charge is 2.66. The Labute approximate surface area is 88.4 Å². The van der Waals surface area contributed by atoms with Crippen LogP contribution in [0.25, 0.3) is 0 Å². The molecule has 3 saturated carbocycles. The molecule has 6 unspecified atom stereocenters. The van der Waals surface area contributed by atoms with Crippen LogP contribution in [0, 0.1) is 23.7 Å². The molecular formula is C12H14O3. The van der Waals surface area contributed by atoms with Crippen LogP contribution in [-0.2, 0) is 14.3 Å². The van der Waals surface area contributed by atoms with Crippen LogP contribution in [0.5, 0.6) is 0 Å². The van der Waals surface area contributed by atoms with E-state index in [2.05, 4.69) is 6.58 Å². The average Bonchev–Trinajstić information content (AvgIpc) is 2.96. The molecule has 80 valence electrons. The molecule has 0 amide bonds. The van der Waals surface area contributed by atoms with Gasteiger partial charge in [0.2, 0.25) is 0 Å². The van der Waals surface area contributed by atoms with E-state index < -0.39 is 0 Å². The number of cyclic esters (lactones) is 1. The number of epoxide rings is 1. The van der Waals surface area contributed by atoms with Crippen molar-refractivity contribution < 1.29 is 14.3 Å². The van der Waals surface area contributed by atoms with E-state index in [9.17, 15) is 4.79 Å². The standard InChI is InChI=1S/C12H14O3/c1-5-8-6-3-2-4-7(11-10(6)15-11)9(8)12(13)14-5/h6-11H,1-4H2. The van der Waals surface area contributed by atoms with Crippen molar-refractivity contribution in [3.05, 3.63) is 12.3 Å². The molecule has 3 heteroatoms. The van der Waals surface area contributed by atoms with E-state index in [0.717, 1.165) is 6.42 Å². The molecule has 0 aromatic carbocycles. The number of fused-ring (bicyclic) bond motifs is 2. The second-order valence-electron chi connectivity index (χ2n) is 5.26. The zero-order valence-corrected chi connectivity index (χ0v) is 8.52. The number of carbonyl (C=O) groups is 1. The minimum atomic E-state index is -0.0455. The summed E-state index contributed by atoms with van der Waals surface area (Å²) in [5.74, 6) is 1.89. The summed E-state index contributed by atoms with van der Waals surface area (Å²) in [5.41, 5.74) is 0. The first-order valence-corrected chi connectivity index (χ1v) is 5.83. The second kappa shape index (κ2) is 2.46. The monoisotopic (exact) mass is 206 g/mol. The summed E-state index contributed by atoms with van der Waals surface area (Å²) in [6.45, 7) is 3.90. The number of hydrogen-bond donors (Lipinski definition) is 0. The van der Waals surface area contributed by atoms with Gasteiger partial charge in [0, 0.05) is 11.8 Å². The fourth-order valence-corrected chi connectivity index (χ4v) is 4.07. The van der Waals surface area contributed by atoms with Gasteiger partial charge in [0.25, 0.3) is 0 Å². The lowest BCUT2D eigenvalue weighted by atomic mass is 9.68. The predicted molar refractivity (Wildman–Crippen MR) is 51.7 cm³/mol. The molecule has 6 atom stereocenters. The van der Waals surface area contributed by atoms with Gasteiger partial charge in [-0.05, 0) is 18.8 Å². The molecule has 2 aliphatic heterocycles. The molecule has 2 heterocycles. The van der Waals surface area contributed by atoms with Gasteiger partial charge in [0.15, 0.2) is 0 Å². The number of esters is 1. The molecule has 3 aliphatic carbocycles. The lowest BCUT2D eigenvalue weighted by Crippen LogP contribution is -2.38. The van der Waals surface area contributed by atoms with Gasteiger partial charge in [-0.3, -0.25) is 4.79 Å². The molecule has 5 rings (SSSR count). The summed E-state index contributed by atoms with van der Waals surface area (Å²) in [5, 5.41) is 0. The minimum Gasteiger partial charge on any atom is -0.431 e. The number of hydrogen-bond acceptors (Lipinski definition) is 3. The fraction of sp³-hybridized carbons (Fsp3) is 0.750. The molecule has 0 spiro atoms. The zero-order chi connectivity index (χ0) is 10.2. The maximum Gasteiger partial charge on any atom is 0.315 e. The van der Waals surface area contributed by atoms with E-state index in [-0.39, 0.29) is 17.8 Å². The van der Waals surface area contributed by atoms with Crippen molar-refractivity contribution >= 4 is 5.97 Å². The van der Waals surface area contributed by atoms with Gasteiger partial charge in [-0.25, -0.2) is 0 Å². The van der Waals surface area contributed by atoms with Crippen LogP contribution in [0.4, 0.5) is 0 Å². The smallest absolute Gasteiger partial charge is 0.315 e. The molecule has 0 aromatic rings. The van der Waals surface area contributed by atoms with Crippen LogP contribution < -0.4 is 0 Å². The predicted octanol–water partition coefficient (Wildman–Crippen LogP) is 1.49. The fourth-order valence-electron chi connectivity index (χ4n) is 4.07. The Hall–Kier alpha value is -0.830. The second-order valence-corrected chi connectivity index (χ2v) is 5.26. The van der Waals surface area contributed by atoms with Gasteiger partial charge < -0.3 is 9.47 Å². The van der Waals surface area contributed by atoms with Crippen molar-refractivity contribution in [2.45, 2.75) is 31.5 Å². The highest BCUT2D eigenvalue weighted by molar-refractivity contribution is 5.78. The van der Waals surface area contributed by atoms with E-state index in [0.29, 0.717) is 29.8 Å². The summed E-state index contributed by atoms with van der Waals surface area (Å²) in [6, 6.07) is 0. The normalized spacial score (nSPS) is 55.7. The maximum atomic E-state index is 11.8. The van der Waals surface area contributed by atoms with Gasteiger partial charge in [-0.2, -0.15) is 0 Å². The number of allylic oxidation sites excluding steroid dienone is 1. The van der Waals surface area contributed by atoms with E-state index in [4.69, 9.17) is 9.47 Å². The first kappa shape index (κ1) is 8.34. The number of ether oxygens (including phenoxy) is 2. The third kappa shape index (κ3) is 0.882. The number of rotatable bonds is 0. The van der Waals surface area contributed by atoms with Crippen LogP contribution in [0.3, 0.4) is 0 Å². The molecule has 15 heavy (non-hydrogen) atoms. The quantitative estimate of drug-likeness (QED) is 0.445. The average molecular weight is 206 g/mol. The largest absolute Gasteiger partial charge is 0.431 e. The summed E-state index contributed by atoms with van der Waals surface area (Å²) in [4.78, 5) is 11.8. The van der Waals surface area contributed by atoms with Crippen LogP contribution in [-0.4, -0.2) is 18.2 Å². The van der Waals surface area contributed by atoms with Crippen molar-refractivity contribution in [1.29, 1.82) is 0 Å². The molecule has 5 fully saturated rings. The van der Waals surface area contributed by atoms with Crippen LogP contribution in [0.2, 0.25) is 0 Å². The highest BCUT2D eigenvalue weighted by atomic mass is 16.6. The highest BCUT2D eigenvalue weighted by Crippen LogP contribution is 2.60. The van der Waals surface area contributed by atoms with Crippen molar-refractivity contribution in [3.8, 4) is 0 Å². The van der Waals surface area contributed by atoms with Crippen LogP contribution in [0.15, 0.2) is 12.3 Å². The van der Waals surface area contributed by atoms with Crippen molar-refractivity contribution in [3.63, 3.8) is 0 Å². The van der Waals surface area contributed by atoms with Gasteiger partial charge in [-0.15, -0.1) is 0 Å². The molecule has 3 nitrogen and oxygen atoms in total. The molecule has 5 aliphatic rings. The van der Waals surface area contributed by atoms with Gasteiger partial charge in [0.1, 0.15) is 5.76 Å². The van der Waals surface area contributed by atoms with E-state index in [1.807, 2.05) is 0 Å². The Morgan fingerprint density at radius 2 is 1.80 bits per heavy atom. The Morgan fingerprint density at radius 3 is 2.53 bits per heavy atom. The Morgan fingerprint density at radius 1 is 1.13 bits per heavy atom. The van der Waals surface area contributed by atoms with E-state index in [1.165, 1.54) is 12.8 Å². The topological polar surface area (TPSA) is 38.8 Å². The summed E-state index contributed by atoms with van der Waals surface area (Å²) in [6.07, 6.45) is 4.30. The van der Waals surface area contributed by atoms with Crippen molar-refractivity contribution in [1.82, 2.24) is 0 Å². The summed E-state index contributed by atoms with van der Waals surface area (Å²) < 4.78 is 11.0. The first-order chi connectivity index (χ1) is 7.27. The van der Waals surface area contributed by atoms with Crippen molar-refractivity contribution in [2.24, 2.45) is 23.7 Å². The minimum absolute atomic E-state index is 0.0455. The summed E-state index contributed by atoms with van der Waals surface area (Å²) >= 11 is 0. The Balaban J connectivity index is 1.83. The van der Waals surface area contributed by atoms with Crippen LogP contribution in [0.1, 0.15) is 19.3 Å². The molecule has 0 aromatic heterocycles. The molecule has 0 N–H and O–H groups in total. The maximum absolute atomic E-state index is 11.8. The SMILES string of the molecule is C=C1OC(=O)C2C3CCCC(C4OC34)C12. The molecule has 2 bridgehead atoms. The molecule has 2 saturated heterocycles. The van der Waals surface area contributed by atoms with Gasteiger partial charge in [0.05, 0.1) is 18.1 Å². The Kier molecular flexibility index (Phi) is 1.37. The van der Waals surface area contributed by atoms with E-state index in [1.54, 1.807) is 0 Å². The lowest BCUT2D eigenvalue weighted by molar-refractivity contribution is -0.141. The van der Waals surface area contributed by atoms with Gasteiger partial charge >= 0.3 is 5.97 Å². The first-order valence-electron chi connectivity index (χ1n) is 5.83. The number of carbonyl (C=O) groups excluding carboxylic acids is 1. The van der Waals surface area contributed by atoms with Crippen molar-refractivity contribution in [2.75, 3.05) is 0 Å². The van der Waals surface area contributed by atoms with Crippen LogP contribution >= 0.6 is 0 Å². The van der Waals surface area contributed by atoms with E-state index >= 15 is 0 Å². The Bertz CT molecular complexity index is 330. The molecular weight excluding hydrogens is 192 g/mol. The lowest BCUT2D eigenvalue weighted by Gasteiger charge is -2.29. The third-order valence-electron chi connectivity index (χ3n) is 4.67. The zero-order valence-electron chi connectivity index (χ0n) is 8.52. The summed E-state index contributed by atoms with van der Waals surface area (Å²) in [7, 11) is 0. The van der Waals surface area contributed by atoms with Gasteiger partial charge in [-0.1, -0.05) is 13.0 Å². The molecule has 0 radical (unpaired) electrons. The third-order valence-corrected chi connectivity index (χ3v) is 4.67.